The summed E-state index contributed by atoms with van der Waals surface area (Å²) >= 11 is 3.49. The first kappa shape index (κ1) is 13.8. The summed E-state index contributed by atoms with van der Waals surface area (Å²) < 4.78 is 8.45. The number of hydrogen-bond donors (Lipinski definition) is 0. The van der Waals surface area contributed by atoms with Crippen molar-refractivity contribution in [1.82, 2.24) is 19.5 Å². The van der Waals surface area contributed by atoms with Crippen LogP contribution in [0.4, 0.5) is 0 Å². The van der Waals surface area contributed by atoms with E-state index in [2.05, 4.69) is 30.9 Å². The van der Waals surface area contributed by atoms with Crippen LogP contribution in [0.25, 0.3) is 11.5 Å². The number of methoxy groups -OCH3 is 1. The number of hydrogen-bond acceptors (Lipinski definition) is 4. The molecule has 3 rings (SSSR count). The average Bonchev–Trinajstić information content (AvgIpc) is 2.96. The van der Waals surface area contributed by atoms with Gasteiger partial charge >= 0.3 is 0 Å². The zero-order chi connectivity index (χ0) is 14.7. The molecule has 3 aromatic rings. The van der Waals surface area contributed by atoms with Crippen molar-refractivity contribution >= 4 is 15.9 Å². The van der Waals surface area contributed by atoms with Crippen molar-refractivity contribution in [3.63, 3.8) is 0 Å². The van der Waals surface area contributed by atoms with Gasteiger partial charge in [0.25, 0.3) is 0 Å². The van der Waals surface area contributed by atoms with Crippen LogP contribution < -0.4 is 4.74 Å². The monoisotopic (exact) mass is 344 g/mol. The van der Waals surface area contributed by atoms with E-state index in [-0.39, 0.29) is 0 Å². The van der Waals surface area contributed by atoms with E-state index in [4.69, 9.17) is 4.74 Å². The molecule has 2 heterocycles. The van der Waals surface area contributed by atoms with E-state index in [0.29, 0.717) is 6.54 Å². The van der Waals surface area contributed by atoms with Crippen LogP contribution in [0.1, 0.15) is 5.56 Å². The maximum atomic E-state index is 5.41. The summed E-state index contributed by atoms with van der Waals surface area (Å²) in [5, 5.41) is 0. The van der Waals surface area contributed by atoms with Crippen molar-refractivity contribution in [2.75, 3.05) is 7.11 Å². The number of nitrogens with zero attached hydrogens (tertiary/aromatic N) is 4. The molecule has 0 atom stereocenters. The van der Waals surface area contributed by atoms with Gasteiger partial charge in [0.2, 0.25) is 0 Å². The fourth-order valence-corrected chi connectivity index (χ4v) is 2.55. The number of imidazole rings is 1. The second-order valence-corrected chi connectivity index (χ2v) is 5.34. The predicted octanol–water partition coefficient (Wildman–Crippen LogP) is 3.16. The summed E-state index contributed by atoms with van der Waals surface area (Å²) in [6, 6.07) is 5.94. The maximum Gasteiger partial charge on any atom is 0.160 e. The molecule has 106 valence electrons. The number of aromatic nitrogens is 4. The number of ether oxygens (including phenoxy) is 1. The Balaban J connectivity index is 1.97. The summed E-state index contributed by atoms with van der Waals surface area (Å²) in [6.45, 7) is 0.647. The van der Waals surface area contributed by atoms with E-state index >= 15 is 0 Å². The first-order valence-corrected chi connectivity index (χ1v) is 7.17. The van der Waals surface area contributed by atoms with E-state index in [1.54, 1.807) is 31.9 Å². The summed E-state index contributed by atoms with van der Waals surface area (Å²) in [6.07, 6.45) is 8.69. The van der Waals surface area contributed by atoms with Gasteiger partial charge in [-0.3, -0.25) is 4.98 Å². The average molecular weight is 345 g/mol. The lowest BCUT2D eigenvalue weighted by atomic mass is 10.2. The SMILES string of the molecule is COc1ccc(Br)cc1Cn1ccnc1-c1cnccn1. The molecule has 0 aliphatic carbocycles. The summed E-state index contributed by atoms with van der Waals surface area (Å²) in [4.78, 5) is 12.8. The Morgan fingerprint density at radius 2 is 2.10 bits per heavy atom. The molecule has 0 saturated heterocycles. The largest absolute Gasteiger partial charge is 0.496 e. The van der Waals surface area contributed by atoms with Gasteiger partial charge in [0.15, 0.2) is 5.82 Å². The smallest absolute Gasteiger partial charge is 0.160 e. The van der Waals surface area contributed by atoms with E-state index < -0.39 is 0 Å². The molecule has 0 fully saturated rings. The lowest BCUT2D eigenvalue weighted by Gasteiger charge is -2.11. The number of rotatable bonds is 4. The Bertz CT molecular complexity index is 742. The van der Waals surface area contributed by atoms with Gasteiger partial charge in [0.05, 0.1) is 19.9 Å². The molecule has 1 aromatic carbocycles. The van der Waals surface area contributed by atoms with E-state index in [1.807, 2.05) is 29.0 Å². The van der Waals surface area contributed by atoms with Gasteiger partial charge in [-0.05, 0) is 18.2 Å². The highest BCUT2D eigenvalue weighted by molar-refractivity contribution is 9.10. The van der Waals surface area contributed by atoms with E-state index in [9.17, 15) is 0 Å². The van der Waals surface area contributed by atoms with Gasteiger partial charge in [0, 0.05) is 34.8 Å². The predicted molar refractivity (Wildman–Crippen MR) is 83.0 cm³/mol. The molecule has 0 N–H and O–H groups in total. The fraction of sp³-hybridized carbons (Fsp3) is 0.133. The molecule has 0 bridgehead atoms. The molecule has 0 radical (unpaired) electrons. The third-order valence-corrected chi connectivity index (χ3v) is 3.58. The molecule has 0 aliphatic rings. The standard InChI is InChI=1S/C15H13BrN4O/c1-21-14-3-2-12(16)8-11(14)10-20-7-6-19-15(20)13-9-17-4-5-18-13/h2-9H,10H2,1H3. The van der Waals surface area contributed by atoms with Gasteiger partial charge in [0.1, 0.15) is 11.4 Å². The van der Waals surface area contributed by atoms with Crippen LogP contribution in [0.2, 0.25) is 0 Å². The van der Waals surface area contributed by atoms with Crippen molar-refractivity contribution in [3.8, 4) is 17.3 Å². The molecule has 0 amide bonds. The highest BCUT2D eigenvalue weighted by Gasteiger charge is 2.10. The van der Waals surface area contributed by atoms with E-state index in [1.165, 1.54) is 0 Å². The van der Waals surface area contributed by atoms with Crippen molar-refractivity contribution in [3.05, 3.63) is 59.2 Å². The minimum Gasteiger partial charge on any atom is -0.496 e. The molecule has 0 saturated carbocycles. The van der Waals surface area contributed by atoms with Crippen LogP contribution in [0, 0.1) is 0 Å². The first-order valence-electron chi connectivity index (χ1n) is 6.38. The van der Waals surface area contributed by atoms with Crippen LogP contribution in [-0.2, 0) is 6.54 Å². The normalized spacial score (nSPS) is 10.6. The molecular weight excluding hydrogens is 332 g/mol. The molecule has 21 heavy (non-hydrogen) atoms. The summed E-state index contributed by atoms with van der Waals surface area (Å²) in [7, 11) is 1.67. The Hall–Kier alpha value is -2.21. The second kappa shape index (κ2) is 6.05. The van der Waals surface area contributed by atoms with Crippen LogP contribution >= 0.6 is 15.9 Å². The van der Waals surface area contributed by atoms with Gasteiger partial charge < -0.3 is 9.30 Å². The minimum absolute atomic E-state index is 0.647. The zero-order valence-electron chi connectivity index (χ0n) is 11.4. The van der Waals surface area contributed by atoms with Gasteiger partial charge in [-0.1, -0.05) is 15.9 Å². The Labute approximate surface area is 130 Å². The third-order valence-electron chi connectivity index (χ3n) is 3.09. The summed E-state index contributed by atoms with van der Waals surface area (Å²) in [5.74, 6) is 1.63. The fourth-order valence-electron chi connectivity index (χ4n) is 2.14. The molecule has 6 heteroatoms. The molecule has 0 spiro atoms. The van der Waals surface area contributed by atoms with Gasteiger partial charge in [-0.25, -0.2) is 9.97 Å². The summed E-state index contributed by atoms with van der Waals surface area (Å²) in [5.41, 5.74) is 1.81. The van der Waals surface area contributed by atoms with Crippen molar-refractivity contribution in [2.45, 2.75) is 6.54 Å². The van der Waals surface area contributed by atoms with Crippen LogP contribution in [0.15, 0.2) is 53.7 Å². The van der Waals surface area contributed by atoms with E-state index in [0.717, 1.165) is 27.3 Å². The highest BCUT2D eigenvalue weighted by atomic mass is 79.9. The van der Waals surface area contributed by atoms with Crippen molar-refractivity contribution in [1.29, 1.82) is 0 Å². The molecule has 2 aromatic heterocycles. The molecule has 0 unspecified atom stereocenters. The lowest BCUT2D eigenvalue weighted by Crippen LogP contribution is -2.04. The first-order chi connectivity index (χ1) is 10.3. The van der Waals surface area contributed by atoms with Crippen molar-refractivity contribution in [2.24, 2.45) is 0 Å². The zero-order valence-corrected chi connectivity index (χ0v) is 13.0. The second-order valence-electron chi connectivity index (χ2n) is 4.43. The topological polar surface area (TPSA) is 52.8 Å². The lowest BCUT2D eigenvalue weighted by molar-refractivity contribution is 0.408. The highest BCUT2D eigenvalue weighted by Crippen LogP contribution is 2.25. The molecule has 0 aliphatic heterocycles. The Kier molecular flexibility index (Phi) is 3.96. The maximum absolute atomic E-state index is 5.41. The quantitative estimate of drug-likeness (QED) is 0.729. The number of benzene rings is 1. The molecule has 5 nitrogen and oxygen atoms in total. The Morgan fingerprint density at radius 3 is 2.86 bits per heavy atom. The minimum atomic E-state index is 0.647. The van der Waals surface area contributed by atoms with Crippen LogP contribution in [-0.4, -0.2) is 26.6 Å². The third kappa shape index (κ3) is 2.95. The Morgan fingerprint density at radius 1 is 1.19 bits per heavy atom. The van der Waals surface area contributed by atoms with Crippen LogP contribution in [0.3, 0.4) is 0 Å². The van der Waals surface area contributed by atoms with Crippen LogP contribution in [0.5, 0.6) is 5.75 Å². The van der Waals surface area contributed by atoms with Gasteiger partial charge in [-0.15, -0.1) is 0 Å². The van der Waals surface area contributed by atoms with Crippen molar-refractivity contribution < 1.29 is 4.74 Å². The molecular formula is C15H13BrN4O. The number of halogens is 1. The van der Waals surface area contributed by atoms with Gasteiger partial charge in [-0.2, -0.15) is 0 Å².